The first-order valence-electron chi connectivity index (χ1n) is 8.90. The van der Waals surface area contributed by atoms with Crippen LogP contribution in [0.25, 0.3) is 0 Å². The molecule has 1 N–H and O–H groups in total. The molecule has 0 spiro atoms. The Hall–Kier alpha value is -2.93. The number of fused-ring (bicyclic) bond motifs is 3. The Morgan fingerprint density at radius 3 is 2.71 bits per heavy atom. The first kappa shape index (κ1) is 18.4. The number of hydrogen-bond acceptors (Lipinski definition) is 3. The maximum absolute atomic E-state index is 13.4. The predicted octanol–water partition coefficient (Wildman–Crippen LogP) is 3.42. The van der Waals surface area contributed by atoms with Gasteiger partial charge in [0.2, 0.25) is 11.6 Å². The van der Waals surface area contributed by atoms with Gasteiger partial charge in [0.25, 0.3) is 11.8 Å². The quantitative estimate of drug-likeness (QED) is 0.856. The van der Waals surface area contributed by atoms with Gasteiger partial charge in [0.05, 0.1) is 16.3 Å². The van der Waals surface area contributed by atoms with Gasteiger partial charge in [0.15, 0.2) is 0 Å². The van der Waals surface area contributed by atoms with Crippen molar-refractivity contribution in [2.75, 3.05) is 16.8 Å². The number of carbonyl (C=O) groups excluding carboxylic acids is 3. The second-order valence-corrected chi connectivity index (χ2v) is 7.10. The van der Waals surface area contributed by atoms with Crippen molar-refractivity contribution in [2.24, 2.45) is 0 Å². The third-order valence-corrected chi connectivity index (χ3v) is 5.52. The molecule has 2 aromatic carbocycles. The molecule has 2 heterocycles. The number of benzene rings is 2. The summed E-state index contributed by atoms with van der Waals surface area (Å²) in [6, 6.07) is 10.6. The first-order valence-corrected chi connectivity index (χ1v) is 9.28. The van der Waals surface area contributed by atoms with Gasteiger partial charge in [-0.3, -0.25) is 19.3 Å². The van der Waals surface area contributed by atoms with Crippen molar-refractivity contribution in [1.29, 1.82) is 0 Å². The van der Waals surface area contributed by atoms with Crippen LogP contribution in [-0.2, 0) is 9.59 Å². The van der Waals surface area contributed by atoms with Crippen LogP contribution in [0.2, 0.25) is 5.02 Å². The number of nitrogens with one attached hydrogen (secondary N) is 1. The van der Waals surface area contributed by atoms with Gasteiger partial charge >= 0.3 is 0 Å². The molecule has 2 aromatic rings. The Bertz CT molecular complexity index is 1010. The first-order chi connectivity index (χ1) is 13.4. The number of para-hydroxylation sites is 1. The molecule has 3 amide bonds. The summed E-state index contributed by atoms with van der Waals surface area (Å²) in [6.07, 6.45) is 0.302. The molecule has 0 radical (unpaired) electrons. The lowest BCUT2D eigenvalue weighted by Crippen LogP contribution is -2.69. The van der Waals surface area contributed by atoms with Crippen LogP contribution in [0.4, 0.5) is 15.8 Å². The number of anilines is 2. The second kappa shape index (κ2) is 6.60. The fourth-order valence-electron chi connectivity index (χ4n) is 4.01. The van der Waals surface area contributed by atoms with E-state index in [1.165, 1.54) is 21.9 Å². The molecule has 1 atom stereocenters. The SMILES string of the molecule is CCN1C(=O)c2ccccc2N2C(=O)CC[C@@]12C(=O)Nc1ccc(F)c(Cl)c1. The minimum absolute atomic E-state index is 0.132. The zero-order chi connectivity index (χ0) is 20.1. The van der Waals surface area contributed by atoms with E-state index in [0.29, 0.717) is 11.3 Å². The second-order valence-electron chi connectivity index (χ2n) is 6.70. The Morgan fingerprint density at radius 1 is 1.25 bits per heavy atom. The number of hydrogen-bond donors (Lipinski definition) is 1. The van der Waals surface area contributed by atoms with Crippen LogP contribution in [0.15, 0.2) is 42.5 Å². The zero-order valence-electron chi connectivity index (χ0n) is 15.0. The molecular weight excluding hydrogens is 385 g/mol. The van der Waals surface area contributed by atoms with Gasteiger partial charge in [-0.15, -0.1) is 0 Å². The van der Waals surface area contributed by atoms with Gasteiger partial charge in [-0.2, -0.15) is 0 Å². The lowest BCUT2D eigenvalue weighted by atomic mass is 9.95. The minimum Gasteiger partial charge on any atom is -0.322 e. The maximum atomic E-state index is 13.4. The highest BCUT2D eigenvalue weighted by molar-refractivity contribution is 6.31. The van der Waals surface area contributed by atoms with E-state index < -0.39 is 17.4 Å². The fraction of sp³-hybridized carbons (Fsp3) is 0.250. The smallest absolute Gasteiger partial charge is 0.271 e. The van der Waals surface area contributed by atoms with Crippen LogP contribution >= 0.6 is 11.6 Å². The molecule has 2 aliphatic heterocycles. The molecule has 0 unspecified atom stereocenters. The van der Waals surface area contributed by atoms with Crippen molar-refractivity contribution in [3.63, 3.8) is 0 Å². The molecule has 0 aromatic heterocycles. The number of amides is 3. The van der Waals surface area contributed by atoms with Crippen molar-refractivity contribution in [1.82, 2.24) is 4.90 Å². The summed E-state index contributed by atoms with van der Waals surface area (Å²) in [7, 11) is 0. The van der Waals surface area contributed by atoms with E-state index in [-0.39, 0.29) is 41.9 Å². The molecular formula is C20H17ClFN3O3. The average molecular weight is 402 g/mol. The van der Waals surface area contributed by atoms with Crippen molar-refractivity contribution >= 4 is 40.7 Å². The largest absolute Gasteiger partial charge is 0.322 e. The monoisotopic (exact) mass is 401 g/mol. The Kier molecular flexibility index (Phi) is 4.34. The number of halogens is 2. The molecule has 28 heavy (non-hydrogen) atoms. The van der Waals surface area contributed by atoms with Gasteiger partial charge in [0.1, 0.15) is 5.82 Å². The topological polar surface area (TPSA) is 69.7 Å². The van der Waals surface area contributed by atoms with E-state index in [0.717, 1.165) is 6.07 Å². The molecule has 0 saturated carbocycles. The van der Waals surface area contributed by atoms with E-state index in [2.05, 4.69) is 5.32 Å². The molecule has 0 bridgehead atoms. The molecule has 144 valence electrons. The maximum Gasteiger partial charge on any atom is 0.271 e. The fourth-order valence-corrected chi connectivity index (χ4v) is 4.19. The highest BCUT2D eigenvalue weighted by Gasteiger charge is 2.60. The third-order valence-electron chi connectivity index (χ3n) is 5.23. The number of nitrogens with zero attached hydrogens (tertiary/aromatic N) is 2. The lowest BCUT2D eigenvalue weighted by molar-refractivity contribution is -0.128. The van der Waals surface area contributed by atoms with E-state index in [1.807, 2.05) is 0 Å². The predicted molar refractivity (Wildman–Crippen MR) is 103 cm³/mol. The normalized spacial score (nSPS) is 20.8. The highest BCUT2D eigenvalue weighted by atomic mass is 35.5. The molecule has 1 fully saturated rings. The van der Waals surface area contributed by atoms with Crippen molar-refractivity contribution in [3.8, 4) is 0 Å². The Morgan fingerprint density at radius 2 is 2.00 bits per heavy atom. The molecule has 8 heteroatoms. The zero-order valence-corrected chi connectivity index (χ0v) is 15.8. The standard InChI is InChI=1S/C20H17ClFN3O3/c1-2-24-18(27)13-5-3-4-6-16(13)25-17(26)9-10-20(24,25)19(28)23-12-7-8-15(22)14(21)11-12/h3-8,11H,2,9-10H2,1H3,(H,23,28)/t20-/m1/s1. The van der Waals surface area contributed by atoms with Crippen LogP contribution in [0.3, 0.4) is 0 Å². The van der Waals surface area contributed by atoms with Crippen LogP contribution in [0, 0.1) is 5.82 Å². The van der Waals surface area contributed by atoms with Crippen LogP contribution in [-0.4, -0.2) is 34.8 Å². The van der Waals surface area contributed by atoms with Crippen LogP contribution < -0.4 is 10.2 Å². The summed E-state index contributed by atoms with van der Waals surface area (Å²) >= 11 is 5.81. The van der Waals surface area contributed by atoms with Crippen LogP contribution in [0.1, 0.15) is 30.1 Å². The van der Waals surface area contributed by atoms with Gasteiger partial charge in [-0.25, -0.2) is 4.39 Å². The van der Waals surface area contributed by atoms with Gasteiger partial charge in [-0.05, 0) is 37.3 Å². The van der Waals surface area contributed by atoms with E-state index in [9.17, 15) is 18.8 Å². The van der Waals surface area contributed by atoms with Crippen LogP contribution in [0.5, 0.6) is 0 Å². The van der Waals surface area contributed by atoms with Gasteiger partial charge in [-0.1, -0.05) is 23.7 Å². The van der Waals surface area contributed by atoms with Crippen molar-refractivity contribution in [3.05, 3.63) is 58.9 Å². The summed E-state index contributed by atoms with van der Waals surface area (Å²) in [6.45, 7) is 2.01. The van der Waals surface area contributed by atoms with Crippen molar-refractivity contribution < 1.29 is 18.8 Å². The number of likely N-dealkylation sites (N-methyl/N-ethyl adjacent to an activating group) is 1. The summed E-state index contributed by atoms with van der Waals surface area (Å²) in [5.41, 5.74) is -0.384. The van der Waals surface area contributed by atoms with Gasteiger partial charge < -0.3 is 10.2 Å². The van der Waals surface area contributed by atoms with Crippen molar-refractivity contribution in [2.45, 2.75) is 25.4 Å². The Balaban J connectivity index is 1.82. The minimum atomic E-state index is -1.47. The summed E-state index contributed by atoms with van der Waals surface area (Å²) in [5.74, 6) is -1.68. The Labute approximate surface area is 165 Å². The number of carbonyl (C=O) groups is 3. The van der Waals surface area contributed by atoms with E-state index in [1.54, 1.807) is 31.2 Å². The number of rotatable bonds is 3. The summed E-state index contributed by atoms with van der Waals surface area (Å²) < 4.78 is 13.4. The molecule has 0 aliphatic carbocycles. The highest BCUT2D eigenvalue weighted by Crippen LogP contribution is 2.44. The van der Waals surface area contributed by atoms with E-state index >= 15 is 0 Å². The lowest BCUT2D eigenvalue weighted by Gasteiger charge is -2.48. The third kappa shape index (κ3) is 2.50. The summed E-state index contributed by atoms with van der Waals surface area (Å²) in [5, 5.41) is 2.57. The molecule has 1 saturated heterocycles. The van der Waals surface area contributed by atoms with E-state index in [4.69, 9.17) is 11.6 Å². The molecule has 6 nitrogen and oxygen atoms in total. The summed E-state index contributed by atoms with van der Waals surface area (Å²) in [4.78, 5) is 42.1. The molecule has 4 rings (SSSR count). The average Bonchev–Trinajstić information content (AvgIpc) is 3.04. The molecule has 2 aliphatic rings. The van der Waals surface area contributed by atoms with Gasteiger partial charge in [0, 0.05) is 25.1 Å².